The highest BCUT2D eigenvalue weighted by molar-refractivity contribution is 5.81. The largest absolute Gasteiger partial charge is 0.310 e. The fourth-order valence-corrected chi connectivity index (χ4v) is 2.52. The zero-order valence-electron chi connectivity index (χ0n) is 9.59. The molecule has 3 rings (SSSR count). The molecule has 2 heterocycles. The molecule has 0 unspecified atom stereocenters. The maximum atomic E-state index is 4.24. The van der Waals surface area contributed by atoms with Gasteiger partial charge in [-0.05, 0) is 44.0 Å². The van der Waals surface area contributed by atoms with Crippen molar-refractivity contribution in [3.05, 3.63) is 29.5 Å². The van der Waals surface area contributed by atoms with Crippen LogP contribution in [0.3, 0.4) is 0 Å². The molecule has 1 fully saturated rings. The van der Waals surface area contributed by atoms with Crippen LogP contribution in [0.5, 0.6) is 0 Å². The standard InChI is InChI=1S/C13H17N3/c1-9-11-8-10(5-6-13(11)16-15-9)12-4-2-3-7-14-12/h5-6,8,12,14H,2-4,7H2,1H3,(H,15,16)/t12-/m0/s1. The average molecular weight is 215 g/mol. The molecule has 16 heavy (non-hydrogen) atoms. The molecule has 0 bridgehead atoms. The SMILES string of the molecule is Cc1n[nH]c2ccc([C@@H]3CCCCN3)cc12. The van der Waals surface area contributed by atoms with E-state index in [0.717, 1.165) is 17.8 Å². The normalized spacial score (nSPS) is 21.4. The molecular weight excluding hydrogens is 198 g/mol. The molecule has 2 aromatic rings. The first-order chi connectivity index (χ1) is 7.84. The maximum absolute atomic E-state index is 4.24. The second-order valence-electron chi connectivity index (χ2n) is 4.62. The van der Waals surface area contributed by atoms with E-state index in [0.29, 0.717) is 6.04 Å². The highest BCUT2D eigenvalue weighted by Gasteiger charge is 2.15. The van der Waals surface area contributed by atoms with E-state index < -0.39 is 0 Å². The molecule has 0 radical (unpaired) electrons. The number of nitrogens with zero attached hydrogens (tertiary/aromatic N) is 1. The van der Waals surface area contributed by atoms with Gasteiger partial charge in [0.15, 0.2) is 0 Å². The van der Waals surface area contributed by atoms with Crippen LogP contribution in [0.1, 0.15) is 36.6 Å². The lowest BCUT2D eigenvalue weighted by atomic mass is 9.96. The van der Waals surface area contributed by atoms with Crippen LogP contribution in [-0.4, -0.2) is 16.7 Å². The predicted octanol–water partition coefficient (Wildman–Crippen LogP) is 2.69. The summed E-state index contributed by atoms with van der Waals surface area (Å²) in [6.07, 6.45) is 3.89. The third-order valence-corrected chi connectivity index (χ3v) is 3.49. The van der Waals surface area contributed by atoms with E-state index in [4.69, 9.17) is 0 Å². The molecule has 0 saturated carbocycles. The Morgan fingerprint density at radius 2 is 2.25 bits per heavy atom. The van der Waals surface area contributed by atoms with Gasteiger partial charge in [0.2, 0.25) is 0 Å². The second-order valence-corrected chi connectivity index (χ2v) is 4.62. The van der Waals surface area contributed by atoms with Crippen molar-refractivity contribution in [1.29, 1.82) is 0 Å². The molecule has 3 nitrogen and oxygen atoms in total. The Bertz CT molecular complexity index is 495. The molecule has 84 valence electrons. The average Bonchev–Trinajstić information content (AvgIpc) is 2.72. The molecule has 1 saturated heterocycles. The molecule has 1 aliphatic heterocycles. The van der Waals surface area contributed by atoms with Crippen LogP contribution >= 0.6 is 0 Å². The molecule has 1 aromatic heterocycles. The lowest BCUT2D eigenvalue weighted by molar-refractivity contribution is 0.412. The van der Waals surface area contributed by atoms with Crippen molar-refractivity contribution < 1.29 is 0 Å². The molecule has 1 atom stereocenters. The van der Waals surface area contributed by atoms with Crippen LogP contribution in [0.2, 0.25) is 0 Å². The highest BCUT2D eigenvalue weighted by Crippen LogP contribution is 2.26. The maximum Gasteiger partial charge on any atom is 0.0670 e. The lowest BCUT2D eigenvalue weighted by Gasteiger charge is -2.23. The fourth-order valence-electron chi connectivity index (χ4n) is 2.52. The van der Waals surface area contributed by atoms with Crippen LogP contribution in [0.4, 0.5) is 0 Å². The van der Waals surface area contributed by atoms with Crippen LogP contribution in [-0.2, 0) is 0 Å². The van der Waals surface area contributed by atoms with E-state index in [9.17, 15) is 0 Å². The number of H-pyrrole nitrogens is 1. The Labute approximate surface area is 95.2 Å². The molecule has 1 aliphatic rings. The smallest absolute Gasteiger partial charge is 0.0670 e. The Morgan fingerprint density at radius 1 is 1.31 bits per heavy atom. The molecule has 0 spiro atoms. The van der Waals surface area contributed by atoms with Gasteiger partial charge in [0, 0.05) is 11.4 Å². The van der Waals surface area contributed by atoms with Crippen LogP contribution in [0.25, 0.3) is 10.9 Å². The molecule has 1 aromatic carbocycles. The number of piperidine rings is 1. The summed E-state index contributed by atoms with van der Waals surface area (Å²) in [7, 11) is 0. The fraction of sp³-hybridized carbons (Fsp3) is 0.462. The zero-order chi connectivity index (χ0) is 11.0. The van der Waals surface area contributed by atoms with Crippen molar-refractivity contribution in [2.45, 2.75) is 32.2 Å². The van der Waals surface area contributed by atoms with Gasteiger partial charge in [-0.3, -0.25) is 5.10 Å². The monoisotopic (exact) mass is 215 g/mol. The number of benzene rings is 1. The van der Waals surface area contributed by atoms with Crippen LogP contribution in [0.15, 0.2) is 18.2 Å². The van der Waals surface area contributed by atoms with Gasteiger partial charge in [-0.2, -0.15) is 5.10 Å². The Morgan fingerprint density at radius 3 is 3.06 bits per heavy atom. The summed E-state index contributed by atoms with van der Waals surface area (Å²) in [4.78, 5) is 0. The minimum atomic E-state index is 0.535. The number of aryl methyl sites for hydroxylation is 1. The summed E-state index contributed by atoms with van der Waals surface area (Å²) >= 11 is 0. The van der Waals surface area contributed by atoms with Gasteiger partial charge in [0.25, 0.3) is 0 Å². The number of rotatable bonds is 1. The van der Waals surface area contributed by atoms with E-state index in [2.05, 4.69) is 40.6 Å². The van der Waals surface area contributed by atoms with Gasteiger partial charge in [-0.25, -0.2) is 0 Å². The third-order valence-electron chi connectivity index (χ3n) is 3.49. The Balaban J connectivity index is 1.99. The van der Waals surface area contributed by atoms with Crippen molar-refractivity contribution in [2.24, 2.45) is 0 Å². The molecule has 0 amide bonds. The van der Waals surface area contributed by atoms with Crippen molar-refractivity contribution in [3.8, 4) is 0 Å². The van der Waals surface area contributed by atoms with Crippen molar-refractivity contribution in [1.82, 2.24) is 15.5 Å². The number of nitrogens with one attached hydrogen (secondary N) is 2. The van der Waals surface area contributed by atoms with Crippen LogP contribution < -0.4 is 5.32 Å². The number of aromatic amines is 1. The number of fused-ring (bicyclic) bond motifs is 1. The quantitative estimate of drug-likeness (QED) is 0.768. The topological polar surface area (TPSA) is 40.7 Å². The summed E-state index contributed by atoms with van der Waals surface area (Å²) in [5.74, 6) is 0. The van der Waals surface area contributed by atoms with Gasteiger partial charge in [-0.1, -0.05) is 12.5 Å². The zero-order valence-corrected chi connectivity index (χ0v) is 9.59. The van der Waals surface area contributed by atoms with Gasteiger partial charge in [0.1, 0.15) is 0 Å². The van der Waals surface area contributed by atoms with Gasteiger partial charge in [-0.15, -0.1) is 0 Å². The van der Waals surface area contributed by atoms with E-state index >= 15 is 0 Å². The summed E-state index contributed by atoms with van der Waals surface area (Å²) < 4.78 is 0. The Kier molecular flexibility index (Phi) is 2.40. The first kappa shape index (κ1) is 9.85. The predicted molar refractivity (Wildman–Crippen MR) is 65.4 cm³/mol. The second kappa shape index (κ2) is 3.91. The van der Waals surface area contributed by atoms with Gasteiger partial charge in [0.05, 0.1) is 11.2 Å². The highest BCUT2D eigenvalue weighted by atomic mass is 15.1. The first-order valence-electron chi connectivity index (χ1n) is 6.02. The third kappa shape index (κ3) is 1.61. The Hall–Kier alpha value is -1.35. The van der Waals surface area contributed by atoms with E-state index in [-0.39, 0.29) is 0 Å². The molecular formula is C13H17N3. The lowest BCUT2D eigenvalue weighted by Crippen LogP contribution is -2.26. The summed E-state index contributed by atoms with van der Waals surface area (Å²) in [5.41, 5.74) is 3.63. The van der Waals surface area contributed by atoms with Crippen LogP contribution in [0, 0.1) is 6.92 Å². The molecule has 0 aliphatic carbocycles. The summed E-state index contributed by atoms with van der Waals surface area (Å²) in [5, 5.41) is 12.1. The van der Waals surface area contributed by atoms with E-state index in [1.54, 1.807) is 0 Å². The molecule has 2 N–H and O–H groups in total. The number of hydrogen-bond donors (Lipinski definition) is 2. The minimum Gasteiger partial charge on any atom is -0.310 e. The number of aromatic nitrogens is 2. The minimum absolute atomic E-state index is 0.535. The van der Waals surface area contributed by atoms with Gasteiger partial charge < -0.3 is 5.32 Å². The van der Waals surface area contributed by atoms with Crippen molar-refractivity contribution >= 4 is 10.9 Å². The summed E-state index contributed by atoms with van der Waals surface area (Å²) in [6.45, 7) is 3.20. The van der Waals surface area contributed by atoms with E-state index in [1.165, 1.54) is 30.2 Å². The first-order valence-corrected chi connectivity index (χ1v) is 6.02. The van der Waals surface area contributed by atoms with Crippen molar-refractivity contribution in [3.63, 3.8) is 0 Å². The van der Waals surface area contributed by atoms with Crippen molar-refractivity contribution in [2.75, 3.05) is 6.54 Å². The number of hydrogen-bond acceptors (Lipinski definition) is 2. The summed E-state index contributed by atoms with van der Waals surface area (Å²) in [6, 6.07) is 7.16. The van der Waals surface area contributed by atoms with Gasteiger partial charge >= 0.3 is 0 Å². The molecule has 3 heteroatoms. The van der Waals surface area contributed by atoms with E-state index in [1.807, 2.05) is 0 Å².